The first-order chi connectivity index (χ1) is 25.9. The van der Waals surface area contributed by atoms with E-state index in [0.29, 0.717) is 44.9 Å². The maximum absolute atomic E-state index is 12.7. The van der Waals surface area contributed by atoms with Crippen LogP contribution in [0.25, 0.3) is 0 Å². The summed E-state index contributed by atoms with van der Waals surface area (Å²) in [6.07, 6.45) is 0.113. The fourth-order valence-corrected chi connectivity index (χ4v) is 11.6. The first-order valence-corrected chi connectivity index (χ1v) is 21.7. The second kappa shape index (κ2) is 18.6. The van der Waals surface area contributed by atoms with Crippen LogP contribution in [0.1, 0.15) is 70.6 Å². The molecule has 22 nitrogen and oxygen atoms in total. The maximum atomic E-state index is 12.7. The molecule has 0 amide bonds. The number of rotatable bonds is 13. The minimum absolute atomic E-state index is 0.0238. The molecule has 314 valence electrons. The number of carboxylic acids is 1. The molecule has 0 bridgehead atoms. The number of nitrogens with zero attached hydrogens (tertiary/aromatic N) is 6. The highest BCUT2D eigenvalue weighted by Crippen LogP contribution is 2.46. The fourth-order valence-electron chi connectivity index (χ4n) is 9.48. The Kier molecular flexibility index (Phi) is 14.8. The van der Waals surface area contributed by atoms with Crippen molar-refractivity contribution in [2.45, 2.75) is 142 Å². The molecule has 5 aliphatic carbocycles. The molecular weight excluding hydrogens is 773 g/mol. The Hall–Kier alpha value is -2.23. The van der Waals surface area contributed by atoms with E-state index < -0.39 is 109 Å². The second-order valence-corrected chi connectivity index (χ2v) is 19.3. The van der Waals surface area contributed by atoms with Gasteiger partial charge in [-0.1, -0.05) is 0 Å². The van der Waals surface area contributed by atoms with Crippen molar-refractivity contribution in [3.8, 4) is 0 Å². The van der Waals surface area contributed by atoms with Gasteiger partial charge in [-0.25, -0.2) is 9.78 Å². The van der Waals surface area contributed by atoms with Gasteiger partial charge in [-0.15, -0.1) is 0 Å². The first kappa shape index (κ1) is 43.9. The second-order valence-electron chi connectivity index (χ2n) is 16.0. The summed E-state index contributed by atoms with van der Waals surface area (Å²) in [6, 6.07) is -6.87. The molecule has 16 atom stereocenters. The number of aliphatic hydroxyl groups excluding tert-OH is 2. The third-order valence-corrected chi connectivity index (χ3v) is 14.7. The van der Waals surface area contributed by atoms with Gasteiger partial charge in [-0.3, -0.25) is 24.4 Å². The van der Waals surface area contributed by atoms with Gasteiger partial charge in [-0.2, -0.15) is 47.5 Å². The SMILES string of the molecule is NC1CCC(N=NC2CCC(N=NC3C(N)C4C(CC3S(=O)(=O)O)CC(S(=O)(=O)O)C(N=NC3CC(COO)CC(COO)C3)C4O)CC2C(=O)O)C(O)C1. The van der Waals surface area contributed by atoms with Crippen molar-refractivity contribution in [1.82, 2.24) is 0 Å². The molecule has 5 rings (SSSR count). The van der Waals surface area contributed by atoms with Gasteiger partial charge >= 0.3 is 5.97 Å². The van der Waals surface area contributed by atoms with Crippen molar-refractivity contribution in [1.29, 1.82) is 0 Å². The molecule has 24 heteroatoms. The van der Waals surface area contributed by atoms with Crippen LogP contribution in [0.4, 0.5) is 0 Å². The van der Waals surface area contributed by atoms with Gasteiger partial charge in [-0.05, 0) is 88.4 Å². The third-order valence-electron chi connectivity index (χ3n) is 12.2. The number of carboxylic acid groups (broad SMARTS) is 1. The summed E-state index contributed by atoms with van der Waals surface area (Å²) in [4.78, 5) is 20.9. The molecule has 5 saturated carbocycles. The zero-order valence-electron chi connectivity index (χ0n) is 30.2. The van der Waals surface area contributed by atoms with Crippen molar-refractivity contribution in [2.75, 3.05) is 13.2 Å². The molecule has 0 heterocycles. The van der Waals surface area contributed by atoms with Crippen LogP contribution >= 0.6 is 0 Å². The summed E-state index contributed by atoms with van der Waals surface area (Å²) in [5.74, 6) is -4.55. The number of fused-ring (bicyclic) bond motifs is 1. The Labute approximate surface area is 318 Å². The highest BCUT2D eigenvalue weighted by atomic mass is 32.2. The van der Waals surface area contributed by atoms with E-state index in [1.54, 1.807) is 0 Å². The molecule has 0 aliphatic heterocycles. The number of aliphatic hydroxyl groups is 2. The predicted octanol–water partition coefficient (Wildman–Crippen LogP) is 0.948. The smallest absolute Gasteiger partial charge is 0.308 e. The quantitative estimate of drug-likeness (QED) is 0.0540. The minimum atomic E-state index is -4.89. The van der Waals surface area contributed by atoms with E-state index in [0.717, 1.165) is 0 Å². The third kappa shape index (κ3) is 10.8. The standard InChI is InChI=1S/C31H54N8O14S2/c32-17-1-3-22(23(40)10-17)37-36-21-4-2-18(11-20(21)31(42)43)34-38-28-24(54(46,47)48)8-16-9-25(55(49,50)51)29(30(41)26(16)27(28)33)39-35-19-6-14(12-52-44)5-15(7-19)13-53-45/h14-30,40-41,44-45H,1-13,32-33H2,(H,42,43)(H,46,47,48)(H,49,50,51). The van der Waals surface area contributed by atoms with Gasteiger partial charge in [0.2, 0.25) is 0 Å². The number of carbonyl (C=O) groups is 1. The monoisotopic (exact) mass is 826 g/mol. The van der Waals surface area contributed by atoms with E-state index in [9.17, 15) is 46.1 Å². The van der Waals surface area contributed by atoms with Crippen LogP contribution in [-0.2, 0) is 34.8 Å². The van der Waals surface area contributed by atoms with E-state index in [1.807, 2.05) is 0 Å². The van der Waals surface area contributed by atoms with Crippen molar-refractivity contribution in [3.05, 3.63) is 0 Å². The molecular formula is C31H54N8O14S2. The zero-order valence-corrected chi connectivity index (χ0v) is 31.8. The van der Waals surface area contributed by atoms with Crippen molar-refractivity contribution in [3.63, 3.8) is 0 Å². The van der Waals surface area contributed by atoms with Crippen LogP contribution in [0.15, 0.2) is 30.7 Å². The Morgan fingerprint density at radius 3 is 1.76 bits per heavy atom. The number of nitrogens with two attached hydrogens (primary N) is 2. The lowest BCUT2D eigenvalue weighted by Crippen LogP contribution is -2.65. The predicted molar refractivity (Wildman–Crippen MR) is 189 cm³/mol. The molecule has 0 aromatic heterocycles. The van der Waals surface area contributed by atoms with Crippen LogP contribution in [0.3, 0.4) is 0 Å². The average Bonchev–Trinajstić information content (AvgIpc) is 3.09. The molecule has 0 aromatic carbocycles. The van der Waals surface area contributed by atoms with Crippen LogP contribution in [0.5, 0.6) is 0 Å². The maximum Gasteiger partial charge on any atom is 0.308 e. The largest absolute Gasteiger partial charge is 0.481 e. The summed E-state index contributed by atoms with van der Waals surface area (Å²) < 4.78 is 71.2. The Morgan fingerprint density at radius 2 is 1.20 bits per heavy atom. The molecule has 55 heavy (non-hydrogen) atoms. The lowest BCUT2D eigenvalue weighted by molar-refractivity contribution is -0.263. The van der Waals surface area contributed by atoms with Crippen molar-refractivity contribution < 1.29 is 66.3 Å². The fraction of sp³-hybridized carbons (Fsp3) is 0.968. The topological polar surface area (TPSA) is 372 Å². The van der Waals surface area contributed by atoms with E-state index in [4.69, 9.17) is 22.0 Å². The summed E-state index contributed by atoms with van der Waals surface area (Å²) in [5.41, 5.74) is 12.5. The molecule has 11 N–H and O–H groups in total. The number of hydrogen-bond acceptors (Lipinski definition) is 19. The Morgan fingerprint density at radius 1 is 0.655 bits per heavy atom. The molecule has 0 spiro atoms. The lowest BCUT2D eigenvalue weighted by Gasteiger charge is -2.50. The minimum Gasteiger partial charge on any atom is -0.481 e. The molecule has 5 fully saturated rings. The van der Waals surface area contributed by atoms with Gasteiger partial charge in [0, 0.05) is 18.0 Å². The normalized spacial score (nSPS) is 43.5. The molecule has 0 saturated heterocycles. The molecule has 0 radical (unpaired) electrons. The van der Waals surface area contributed by atoms with Crippen LogP contribution in [0, 0.1) is 29.6 Å². The van der Waals surface area contributed by atoms with Crippen LogP contribution < -0.4 is 11.5 Å². The van der Waals surface area contributed by atoms with E-state index >= 15 is 0 Å². The van der Waals surface area contributed by atoms with Crippen molar-refractivity contribution in [2.24, 2.45) is 71.7 Å². The summed E-state index contributed by atoms with van der Waals surface area (Å²) >= 11 is 0. The van der Waals surface area contributed by atoms with E-state index in [2.05, 4.69) is 40.5 Å². The van der Waals surface area contributed by atoms with Crippen LogP contribution in [0.2, 0.25) is 0 Å². The molecule has 16 unspecified atom stereocenters. The number of azo groups is 3. The zero-order chi connectivity index (χ0) is 40.2. The van der Waals surface area contributed by atoms with Gasteiger partial charge in [0.1, 0.15) is 22.6 Å². The first-order valence-electron chi connectivity index (χ1n) is 18.7. The summed E-state index contributed by atoms with van der Waals surface area (Å²) in [6.45, 7) is -0.0793. The highest BCUT2D eigenvalue weighted by Gasteiger charge is 2.58. The van der Waals surface area contributed by atoms with Gasteiger partial charge in [0.05, 0.1) is 55.5 Å². The van der Waals surface area contributed by atoms with E-state index in [1.165, 1.54) is 0 Å². The Balaban J connectivity index is 1.34. The highest BCUT2D eigenvalue weighted by molar-refractivity contribution is 7.86. The van der Waals surface area contributed by atoms with Gasteiger partial charge < -0.3 is 26.8 Å². The number of aliphatic carboxylic acids is 1. The van der Waals surface area contributed by atoms with Gasteiger partial charge in [0.15, 0.2) is 0 Å². The lowest BCUT2D eigenvalue weighted by atomic mass is 9.64. The van der Waals surface area contributed by atoms with Gasteiger partial charge in [0.25, 0.3) is 20.2 Å². The summed E-state index contributed by atoms with van der Waals surface area (Å²) in [5, 5.41) is 72.2. The molecule has 5 aliphatic rings. The Bertz CT molecular complexity index is 1610. The van der Waals surface area contributed by atoms with Crippen molar-refractivity contribution >= 4 is 26.2 Å². The average molecular weight is 827 g/mol. The summed E-state index contributed by atoms with van der Waals surface area (Å²) in [7, 11) is -9.76. The van der Waals surface area contributed by atoms with Crippen LogP contribution in [-0.4, -0.2) is 142 Å². The number of hydrogen-bond donors (Lipinski definition) is 9. The molecule has 0 aromatic rings. The van der Waals surface area contributed by atoms with E-state index in [-0.39, 0.29) is 56.8 Å².